The molecule has 0 bridgehead atoms. The van der Waals surface area contributed by atoms with Gasteiger partial charge in [-0.15, -0.1) is 10.2 Å². The van der Waals surface area contributed by atoms with Gasteiger partial charge in [0.25, 0.3) is 5.91 Å². The van der Waals surface area contributed by atoms with Crippen molar-refractivity contribution in [3.63, 3.8) is 0 Å². The fourth-order valence-corrected chi connectivity index (χ4v) is 4.64. The van der Waals surface area contributed by atoms with Crippen molar-refractivity contribution in [1.29, 1.82) is 0 Å². The van der Waals surface area contributed by atoms with Crippen LogP contribution in [-0.4, -0.2) is 16.1 Å². The normalized spacial score (nSPS) is 15.9. The molecule has 9 heteroatoms. The van der Waals surface area contributed by atoms with Crippen molar-refractivity contribution in [2.45, 2.75) is 13.0 Å². The fourth-order valence-electron chi connectivity index (χ4n) is 3.49. The summed E-state index contributed by atoms with van der Waals surface area (Å²) in [6.07, 6.45) is 0. The molecule has 0 spiro atoms. The molecule has 2 aromatic carbocycles. The van der Waals surface area contributed by atoms with E-state index in [0.717, 1.165) is 15.0 Å². The van der Waals surface area contributed by atoms with Crippen LogP contribution in [0.4, 0.5) is 5.13 Å². The first-order valence-electron chi connectivity index (χ1n) is 8.59. The number of nitrogens with zero attached hydrogens (tertiary/aromatic N) is 3. The van der Waals surface area contributed by atoms with Crippen LogP contribution in [0.3, 0.4) is 0 Å². The highest BCUT2D eigenvalue weighted by Crippen LogP contribution is 2.42. The summed E-state index contributed by atoms with van der Waals surface area (Å²) in [6.45, 7) is 1.81. The Morgan fingerprint density at radius 2 is 1.90 bits per heavy atom. The topological polar surface area (TPSA) is 76.3 Å². The summed E-state index contributed by atoms with van der Waals surface area (Å²) >= 11 is 10.8. The van der Waals surface area contributed by atoms with Crippen molar-refractivity contribution in [1.82, 2.24) is 10.2 Å². The molecule has 0 N–H and O–H groups in total. The minimum Gasteiger partial charge on any atom is -0.450 e. The molecule has 1 atom stereocenters. The first-order chi connectivity index (χ1) is 13.9. The molecule has 29 heavy (non-hydrogen) atoms. The van der Waals surface area contributed by atoms with E-state index in [4.69, 9.17) is 16.0 Å². The van der Waals surface area contributed by atoms with Crippen LogP contribution in [0.2, 0.25) is 5.02 Å². The molecule has 0 aliphatic carbocycles. The lowest BCUT2D eigenvalue weighted by molar-refractivity contribution is 0.0970. The highest BCUT2D eigenvalue weighted by atomic mass is 79.9. The SMILES string of the molecule is Cc1nnc(N2C(=O)c3oc4ccc(Cl)cc4c(=O)c3[C@@H]2c2ccc(Br)cc2)s1. The quantitative estimate of drug-likeness (QED) is 0.391. The monoisotopic (exact) mass is 487 g/mol. The lowest BCUT2D eigenvalue weighted by atomic mass is 9.99. The van der Waals surface area contributed by atoms with Gasteiger partial charge in [-0.2, -0.15) is 0 Å². The summed E-state index contributed by atoms with van der Waals surface area (Å²) in [5, 5.41) is 10.1. The van der Waals surface area contributed by atoms with Crippen molar-refractivity contribution in [2.24, 2.45) is 0 Å². The predicted octanol–water partition coefficient (Wildman–Crippen LogP) is 5.12. The van der Waals surface area contributed by atoms with E-state index < -0.39 is 11.9 Å². The van der Waals surface area contributed by atoms with Gasteiger partial charge in [0.05, 0.1) is 17.0 Å². The number of fused-ring (bicyclic) bond motifs is 2. The molecule has 0 unspecified atom stereocenters. The third-order valence-corrected chi connectivity index (χ3v) is 6.34. The van der Waals surface area contributed by atoms with Crippen LogP contribution in [0.1, 0.15) is 32.7 Å². The van der Waals surface area contributed by atoms with Crippen LogP contribution >= 0.6 is 38.9 Å². The highest BCUT2D eigenvalue weighted by molar-refractivity contribution is 9.10. The molecule has 0 radical (unpaired) electrons. The maximum absolute atomic E-state index is 13.4. The lowest BCUT2D eigenvalue weighted by Crippen LogP contribution is -2.29. The third kappa shape index (κ3) is 2.90. The maximum Gasteiger partial charge on any atom is 0.297 e. The van der Waals surface area contributed by atoms with Crippen LogP contribution in [0.25, 0.3) is 11.0 Å². The number of hydrogen-bond donors (Lipinski definition) is 0. The zero-order valence-electron chi connectivity index (χ0n) is 14.8. The van der Waals surface area contributed by atoms with Crippen LogP contribution in [0, 0.1) is 6.92 Å². The second kappa shape index (κ2) is 6.76. The number of anilines is 1. The van der Waals surface area contributed by atoms with Crippen LogP contribution < -0.4 is 10.3 Å². The molecule has 5 rings (SSSR count). The number of halogens is 2. The van der Waals surface area contributed by atoms with Crippen LogP contribution in [-0.2, 0) is 0 Å². The number of hydrogen-bond acceptors (Lipinski definition) is 6. The second-order valence-corrected chi connectivity index (χ2v) is 9.06. The molecule has 1 aliphatic rings. The van der Waals surface area contributed by atoms with Crippen molar-refractivity contribution < 1.29 is 9.21 Å². The van der Waals surface area contributed by atoms with E-state index in [0.29, 0.717) is 21.1 Å². The summed E-state index contributed by atoms with van der Waals surface area (Å²) in [5.41, 5.74) is 1.08. The zero-order valence-corrected chi connectivity index (χ0v) is 18.0. The van der Waals surface area contributed by atoms with E-state index >= 15 is 0 Å². The molecular formula is C20H11BrClN3O3S. The smallest absolute Gasteiger partial charge is 0.297 e. The first kappa shape index (κ1) is 18.5. The van der Waals surface area contributed by atoms with Gasteiger partial charge >= 0.3 is 0 Å². The third-order valence-electron chi connectivity index (χ3n) is 4.74. The summed E-state index contributed by atoms with van der Waals surface area (Å²) in [7, 11) is 0. The molecule has 2 aromatic heterocycles. The molecule has 0 fully saturated rings. The van der Waals surface area contributed by atoms with Crippen LogP contribution in [0.15, 0.2) is 56.1 Å². The van der Waals surface area contributed by atoms with Gasteiger partial charge in [0, 0.05) is 9.50 Å². The molecule has 1 aliphatic heterocycles. The fraction of sp³-hybridized carbons (Fsp3) is 0.100. The van der Waals surface area contributed by atoms with Gasteiger partial charge in [0.2, 0.25) is 10.9 Å². The summed E-state index contributed by atoms with van der Waals surface area (Å²) < 4.78 is 6.77. The molecule has 0 saturated heterocycles. The minimum absolute atomic E-state index is 0.0191. The highest BCUT2D eigenvalue weighted by Gasteiger charge is 2.45. The van der Waals surface area contributed by atoms with E-state index in [1.807, 2.05) is 31.2 Å². The van der Waals surface area contributed by atoms with Crippen molar-refractivity contribution >= 4 is 60.9 Å². The average molecular weight is 489 g/mol. The molecule has 3 heterocycles. The average Bonchev–Trinajstić information content (AvgIpc) is 3.25. The number of aryl methyl sites for hydroxylation is 1. The Bertz CT molecular complexity index is 1350. The number of benzene rings is 2. The van der Waals surface area contributed by atoms with Crippen LogP contribution in [0.5, 0.6) is 0 Å². The summed E-state index contributed by atoms with van der Waals surface area (Å²) in [4.78, 5) is 28.2. The molecule has 4 aromatic rings. The summed E-state index contributed by atoms with van der Waals surface area (Å²) in [6, 6.07) is 11.6. The Balaban J connectivity index is 1.83. The van der Waals surface area contributed by atoms with E-state index in [2.05, 4.69) is 26.1 Å². The van der Waals surface area contributed by atoms with Gasteiger partial charge in [0.1, 0.15) is 10.6 Å². The largest absolute Gasteiger partial charge is 0.450 e. The van der Waals surface area contributed by atoms with Crippen molar-refractivity contribution in [2.75, 3.05) is 4.90 Å². The number of rotatable bonds is 2. The van der Waals surface area contributed by atoms with Gasteiger partial charge in [-0.05, 0) is 42.8 Å². The summed E-state index contributed by atoms with van der Waals surface area (Å²) in [5.74, 6) is -0.399. The Labute approximate surface area is 181 Å². The van der Waals surface area contributed by atoms with E-state index in [1.54, 1.807) is 18.2 Å². The standard InChI is InChI=1S/C20H11BrClN3O3S/c1-9-23-24-20(29-9)25-16(10-2-4-11(21)5-3-10)15-17(26)13-8-12(22)6-7-14(13)28-18(15)19(25)27/h2-8,16H,1H3/t16-/m0/s1. The Hall–Kier alpha value is -2.55. The van der Waals surface area contributed by atoms with Gasteiger partial charge in [-0.1, -0.05) is 51.0 Å². The predicted molar refractivity (Wildman–Crippen MR) is 115 cm³/mol. The number of aromatic nitrogens is 2. The van der Waals surface area contributed by atoms with E-state index in [9.17, 15) is 9.59 Å². The minimum atomic E-state index is -0.669. The Kier molecular flexibility index (Phi) is 4.31. The van der Waals surface area contributed by atoms with Gasteiger partial charge in [-0.25, -0.2) is 0 Å². The lowest BCUT2D eigenvalue weighted by Gasteiger charge is -2.22. The molecular weight excluding hydrogens is 478 g/mol. The van der Waals surface area contributed by atoms with Gasteiger partial charge < -0.3 is 4.42 Å². The van der Waals surface area contributed by atoms with Gasteiger partial charge in [0.15, 0.2) is 5.43 Å². The second-order valence-electron chi connectivity index (χ2n) is 6.55. The number of carbonyl (C=O) groups is 1. The number of carbonyl (C=O) groups excluding carboxylic acids is 1. The molecule has 0 saturated carbocycles. The van der Waals surface area contributed by atoms with E-state index in [-0.39, 0.29) is 16.8 Å². The first-order valence-corrected chi connectivity index (χ1v) is 10.6. The molecule has 6 nitrogen and oxygen atoms in total. The Morgan fingerprint density at radius 3 is 2.59 bits per heavy atom. The maximum atomic E-state index is 13.4. The zero-order chi connectivity index (χ0) is 20.3. The number of amides is 1. The molecule has 144 valence electrons. The Morgan fingerprint density at radius 1 is 1.14 bits per heavy atom. The van der Waals surface area contributed by atoms with Crippen molar-refractivity contribution in [3.8, 4) is 0 Å². The van der Waals surface area contributed by atoms with Gasteiger partial charge in [-0.3, -0.25) is 14.5 Å². The van der Waals surface area contributed by atoms with E-state index in [1.165, 1.54) is 16.2 Å². The molecule has 1 amide bonds. The van der Waals surface area contributed by atoms with Crippen molar-refractivity contribution in [3.05, 3.63) is 84.1 Å².